The van der Waals surface area contributed by atoms with Crippen molar-refractivity contribution in [1.29, 1.82) is 0 Å². The second-order valence-electron chi connectivity index (χ2n) is 31.0. The fourth-order valence-corrected chi connectivity index (χ4v) is 25.8. The predicted molar refractivity (Wildman–Crippen MR) is 360 cm³/mol. The predicted octanol–water partition coefficient (Wildman–Crippen LogP) is 17.4. The summed E-state index contributed by atoms with van der Waals surface area (Å²) in [6.07, 6.45) is 36.8. The highest BCUT2D eigenvalue weighted by Gasteiger charge is 2.54. The first-order valence-corrected chi connectivity index (χ1v) is 38.6. The summed E-state index contributed by atoms with van der Waals surface area (Å²) in [4.78, 5) is 13.0. The summed E-state index contributed by atoms with van der Waals surface area (Å²) >= 11 is 8.65. The minimum Gasteiger partial charge on any atom is -0.464 e. The van der Waals surface area contributed by atoms with E-state index < -0.39 is 0 Å². The summed E-state index contributed by atoms with van der Waals surface area (Å²) in [6.45, 7) is 4.40. The van der Waals surface area contributed by atoms with Crippen LogP contribution in [0.5, 0.6) is 0 Å². The Morgan fingerprint density at radius 3 is 1.42 bits per heavy atom. The first-order chi connectivity index (χ1) is 43.1. The van der Waals surface area contributed by atoms with Crippen molar-refractivity contribution in [2.75, 3.05) is 13.1 Å². The molecule has 16 bridgehead atoms. The van der Waals surface area contributed by atoms with Gasteiger partial charge in [0.25, 0.3) is 0 Å². The number of rotatable bonds is 16. The summed E-state index contributed by atoms with van der Waals surface area (Å²) in [7, 11) is 0. The van der Waals surface area contributed by atoms with Gasteiger partial charge in [0.1, 0.15) is 16.5 Å². The van der Waals surface area contributed by atoms with Crippen molar-refractivity contribution in [3.63, 3.8) is 0 Å². The summed E-state index contributed by atoms with van der Waals surface area (Å²) in [5, 5.41) is 41.4. The van der Waals surface area contributed by atoms with Crippen molar-refractivity contribution < 1.29 is 8.94 Å². The maximum Gasteiger partial charge on any atom is 0.165 e. The molecule has 7 aromatic heterocycles. The van der Waals surface area contributed by atoms with Gasteiger partial charge in [-0.05, 0) is 277 Å². The van der Waals surface area contributed by atoms with Gasteiger partial charge in [0, 0.05) is 57.8 Å². The van der Waals surface area contributed by atoms with Crippen molar-refractivity contribution in [2.24, 2.45) is 81.0 Å². The average molecular weight is 1270 g/mol. The zero-order valence-electron chi connectivity index (χ0n) is 51.2. The lowest BCUT2D eigenvalue weighted by Crippen LogP contribution is -2.59. The van der Waals surface area contributed by atoms with Crippen LogP contribution in [0.2, 0.25) is 0 Å². The molecule has 16 aliphatic carbocycles. The van der Waals surface area contributed by atoms with Gasteiger partial charge >= 0.3 is 0 Å². The van der Waals surface area contributed by atoms with Gasteiger partial charge in [0.05, 0.1) is 46.2 Å². The van der Waals surface area contributed by atoms with E-state index in [1.807, 2.05) is 6.26 Å². The van der Waals surface area contributed by atoms with Gasteiger partial charge in [0.15, 0.2) is 16.6 Å². The second-order valence-corrected chi connectivity index (χ2v) is 35.7. The molecule has 0 amide bonds. The average Bonchev–Trinajstić information content (AvgIpc) is 2.92. The van der Waals surface area contributed by atoms with Gasteiger partial charge in [-0.15, -0.1) is 44.2 Å². The quantitative estimate of drug-likeness (QED) is 0.0745. The molecule has 464 valence electrons. The normalized spacial score (nSPS) is 36.9. The number of nitrogens with one attached hydrogen (secondary N) is 4. The minimum absolute atomic E-state index is 0.393. The van der Waals surface area contributed by atoms with Crippen molar-refractivity contribution in [3.05, 3.63) is 109 Å². The van der Waals surface area contributed by atoms with Crippen molar-refractivity contribution in [2.45, 2.75) is 196 Å². The Kier molecular flexibility index (Phi) is 15.9. The highest BCUT2D eigenvalue weighted by atomic mass is 32.1. The zero-order valence-corrected chi connectivity index (χ0v) is 55.3. The van der Waals surface area contributed by atoms with E-state index in [0.717, 1.165) is 137 Å². The highest BCUT2D eigenvalue weighted by molar-refractivity contribution is 7.20. The number of hydrogen-bond acceptors (Lipinski definition) is 16. The van der Waals surface area contributed by atoms with Crippen molar-refractivity contribution in [3.8, 4) is 31.8 Å². The van der Waals surface area contributed by atoms with Crippen LogP contribution in [0, 0.1) is 71.0 Å². The molecule has 0 spiro atoms. The van der Waals surface area contributed by atoms with Crippen LogP contribution in [0.25, 0.3) is 31.8 Å². The van der Waals surface area contributed by atoms with Crippen LogP contribution < -0.4 is 21.3 Å². The fraction of sp³-hybridized carbons (Fsp3) is 0.625. The molecule has 17 aliphatic rings. The van der Waals surface area contributed by atoms with Crippen LogP contribution in [0.3, 0.4) is 0 Å². The molecule has 0 unspecified atom stereocenters. The van der Waals surface area contributed by atoms with Gasteiger partial charge in [-0.1, -0.05) is 34.7 Å². The highest BCUT2D eigenvalue weighted by Crippen LogP contribution is 2.59. The van der Waals surface area contributed by atoms with E-state index in [-0.39, 0.29) is 0 Å². The van der Waals surface area contributed by atoms with Crippen molar-refractivity contribution >= 4 is 68.2 Å². The molecule has 8 heterocycles. The van der Waals surface area contributed by atoms with Crippen LogP contribution in [0.1, 0.15) is 175 Å². The molecule has 16 fully saturated rings. The van der Waals surface area contributed by atoms with E-state index in [2.05, 4.69) is 123 Å². The van der Waals surface area contributed by atoms with Crippen LogP contribution in [-0.4, -0.2) is 62.1 Å². The molecule has 16 heteroatoms. The number of thiophene rings is 4. The van der Waals surface area contributed by atoms with Gasteiger partial charge in [-0.25, -0.2) is 4.99 Å². The first kappa shape index (κ1) is 57.9. The monoisotopic (exact) mass is 1270 g/mol. The Balaban J connectivity index is 0.0000000910. The van der Waals surface area contributed by atoms with Crippen LogP contribution in [0.4, 0.5) is 0 Å². The van der Waals surface area contributed by atoms with E-state index in [4.69, 9.17) is 13.9 Å². The maximum absolute atomic E-state index is 5.75. The lowest BCUT2D eigenvalue weighted by molar-refractivity contribution is -0.0215. The molecule has 0 atom stereocenters. The molecule has 0 saturated heterocycles. The van der Waals surface area contributed by atoms with E-state index >= 15 is 0 Å². The largest absolute Gasteiger partial charge is 0.464 e. The van der Waals surface area contributed by atoms with Crippen LogP contribution in [0.15, 0.2) is 107 Å². The van der Waals surface area contributed by atoms with Gasteiger partial charge in [0.2, 0.25) is 0 Å². The van der Waals surface area contributed by atoms with Gasteiger partial charge in [-0.2, -0.15) is 11.3 Å². The zero-order chi connectivity index (χ0) is 58.3. The molecule has 1 aliphatic heterocycles. The lowest BCUT2D eigenvalue weighted by atomic mass is 9.53. The Morgan fingerprint density at radius 1 is 0.477 bits per heavy atom. The Hall–Kier alpha value is -3.97. The third kappa shape index (κ3) is 12.4. The third-order valence-corrected chi connectivity index (χ3v) is 28.6. The number of aromatic nitrogens is 3. The lowest BCUT2D eigenvalue weighted by Gasteiger charge is -2.57. The smallest absolute Gasteiger partial charge is 0.165 e. The van der Waals surface area contributed by atoms with E-state index in [0.29, 0.717) is 22.2 Å². The first-order valence-electron chi connectivity index (χ1n) is 34.2. The summed E-state index contributed by atoms with van der Waals surface area (Å²) in [6, 6.07) is 19.0. The van der Waals surface area contributed by atoms with Crippen LogP contribution in [-0.2, 0) is 19.6 Å². The SMILES string of the molecule is c1cc(-c2cc(CNC34CC5CC(CC(C5)C3)C4)co2)cs1.c1csc(-c2cc(CNC34CC5CC(CC(C5)C3)C4)on2)c1.c1csc(-c2nnc(CNC34CC5CC(CC(C5)C3)C4)s2)c1.c1csc(C2=NCC(CNC34CC5CC(CC(C5)C3)C4)=N2)c1. The maximum atomic E-state index is 5.75. The van der Waals surface area contributed by atoms with Crippen molar-refractivity contribution in [1.82, 2.24) is 36.6 Å². The number of aliphatic imine (C=N–C) groups is 2. The molecule has 0 aromatic carbocycles. The molecular weight excluding hydrogens is 1180 g/mol. The molecule has 24 rings (SSSR count). The Morgan fingerprint density at radius 2 is 0.943 bits per heavy atom. The number of hydrogen-bond donors (Lipinski definition) is 4. The molecule has 88 heavy (non-hydrogen) atoms. The van der Waals surface area contributed by atoms with E-state index in [1.165, 1.54) is 186 Å². The van der Waals surface area contributed by atoms with Crippen LogP contribution >= 0.6 is 56.7 Å². The molecule has 4 N–H and O–H groups in total. The number of nitrogens with zero attached hydrogens (tertiary/aromatic N) is 5. The van der Waals surface area contributed by atoms with Gasteiger partial charge < -0.3 is 30.2 Å². The summed E-state index contributed by atoms with van der Waals surface area (Å²) < 4.78 is 11.3. The molecule has 0 radical (unpaired) electrons. The second kappa shape index (κ2) is 24.2. The summed E-state index contributed by atoms with van der Waals surface area (Å²) in [5.41, 5.74) is 6.37. The van der Waals surface area contributed by atoms with Gasteiger partial charge in [-0.3, -0.25) is 4.99 Å². The third-order valence-electron chi connectivity index (χ3n) is 24.1. The number of furan rings is 1. The molecular formula is C72H89N9O2S5. The minimum atomic E-state index is 0.393. The molecule has 11 nitrogen and oxygen atoms in total. The topological polar surface area (TPSA) is 138 Å². The Bertz CT molecular complexity index is 3120. The standard InChI is InChI=1S/C19H23NOS.C18H23N3S.C18H22N2OS.C17H21N3S2/c1-2-22-12-17(1)18-6-16(11-21-18)10-20-19-7-13-3-14(8-19)5-15(4-13)9-19;1-2-16(22-3-1)17-19-10-15(21-17)11-20-18-7-12-4-13(8-18)6-14(5-12)9-18;1-2-17(22-3-1)16-7-15(21-20-16)11-19-18-8-12-4-13(9-18)6-14(5-12)10-18;1-2-14(21-3-1)16-20-19-15(22-16)10-18-17-7-11-4-12(8-17)6-13(5-11)9-17/h1-2,6,11-15,20H,3-5,7-10H2;1-3,12-14,20H,4-11H2;1-3,7,12-14,19H,4-6,8-11H2;1-3,11-13,18H,4-10H2. The van der Waals surface area contributed by atoms with E-state index in [9.17, 15) is 0 Å². The fourth-order valence-electron chi connectivity index (χ4n) is 22.2. The van der Waals surface area contributed by atoms with E-state index in [1.54, 1.807) is 56.7 Å². The summed E-state index contributed by atoms with van der Waals surface area (Å²) in [5.74, 6) is 14.9. The number of amidine groups is 1. The molecule has 7 aromatic rings. The molecule has 16 saturated carbocycles. The Labute approximate surface area is 540 Å².